The predicted octanol–water partition coefficient (Wildman–Crippen LogP) is 2.68. The lowest BCUT2D eigenvalue weighted by Gasteiger charge is -2.33. The van der Waals surface area contributed by atoms with E-state index in [-0.39, 0.29) is 5.92 Å². The van der Waals surface area contributed by atoms with E-state index in [1.165, 1.54) is 0 Å². The predicted molar refractivity (Wildman–Crippen MR) is 91.1 cm³/mol. The highest BCUT2D eigenvalue weighted by Gasteiger charge is 2.30. The van der Waals surface area contributed by atoms with Crippen LogP contribution in [0.5, 0.6) is 5.75 Å². The molecule has 2 heterocycles. The van der Waals surface area contributed by atoms with E-state index in [0.717, 1.165) is 17.9 Å². The van der Waals surface area contributed by atoms with Gasteiger partial charge in [-0.25, -0.2) is 0 Å². The number of aliphatic carboxylic acids is 1. The lowest BCUT2D eigenvalue weighted by atomic mass is 9.90. The summed E-state index contributed by atoms with van der Waals surface area (Å²) in [5.41, 5.74) is 0.855. The number of piperidine rings is 1. The standard InChI is InChI=1S/C18H23N3O4/c1-3-24-15-6-4-13(5-7-15)17-19-16(25-20-17)11-21-9-12(2)8-14(10-21)18(22)23/h4-7,12,14H,3,8-11H2,1-2H3,(H,22,23). The van der Waals surface area contributed by atoms with Gasteiger partial charge in [-0.2, -0.15) is 4.98 Å². The smallest absolute Gasteiger partial charge is 0.307 e. The van der Waals surface area contributed by atoms with Crippen LogP contribution in [0, 0.1) is 11.8 Å². The number of likely N-dealkylation sites (tertiary alicyclic amines) is 1. The van der Waals surface area contributed by atoms with Crippen molar-refractivity contribution in [2.45, 2.75) is 26.8 Å². The van der Waals surface area contributed by atoms with Crippen molar-refractivity contribution in [3.8, 4) is 17.1 Å². The van der Waals surface area contributed by atoms with Crippen LogP contribution in [0.15, 0.2) is 28.8 Å². The minimum absolute atomic E-state index is 0.336. The van der Waals surface area contributed by atoms with Gasteiger partial charge in [-0.1, -0.05) is 12.1 Å². The number of aromatic nitrogens is 2. The summed E-state index contributed by atoms with van der Waals surface area (Å²) in [6, 6.07) is 7.53. The van der Waals surface area contributed by atoms with Gasteiger partial charge < -0.3 is 14.4 Å². The van der Waals surface area contributed by atoms with Crippen LogP contribution >= 0.6 is 0 Å². The summed E-state index contributed by atoms with van der Waals surface area (Å²) in [5, 5.41) is 13.3. The second-order valence-corrected chi connectivity index (χ2v) is 6.54. The normalized spacial score (nSPS) is 21.2. The van der Waals surface area contributed by atoms with Crippen LogP contribution in [0.25, 0.3) is 11.4 Å². The molecule has 3 rings (SSSR count). The highest BCUT2D eigenvalue weighted by Crippen LogP contribution is 2.24. The van der Waals surface area contributed by atoms with Gasteiger partial charge in [-0.05, 0) is 43.5 Å². The molecule has 0 aliphatic carbocycles. The summed E-state index contributed by atoms with van der Waals surface area (Å²) in [4.78, 5) is 17.8. The Hall–Kier alpha value is -2.41. The summed E-state index contributed by atoms with van der Waals surface area (Å²) in [7, 11) is 0. The van der Waals surface area contributed by atoms with Gasteiger partial charge in [0.2, 0.25) is 11.7 Å². The third-order valence-corrected chi connectivity index (χ3v) is 4.34. The maximum Gasteiger partial charge on any atom is 0.307 e. The molecule has 1 aromatic carbocycles. The molecule has 7 heteroatoms. The van der Waals surface area contributed by atoms with Crippen LogP contribution in [0.4, 0.5) is 0 Å². The molecule has 2 unspecified atom stereocenters. The van der Waals surface area contributed by atoms with Crippen molar-refractivity contribution in [2.24, 2.45) is 11.8 Å². The molecule has 1 aliphatic rings. The van der Waals surface area contributed by atoms with Crippen LogP contribution in [-0.4, -0.2) is 45.8 Å². The second kappa shape index (κ2) is 7.65. The molecule has 1 N–H and O–H groups in total. The Morgan fingerprint density at radius 2 is 2.12 bits per heavy atom. The molecule has 0 amide bonds. The number of hydrogen-bond donors (Lipinski definition) is 1. The average Bonchev–Trinajstić information content (AvgIpc) is 3.03. The molecular weight excluding hydrogens is 322 g/mol. The number of carboxylic acids is 1. The van der Waals surface area contributed by atoms with Crippen molar-refractivity contribution in [1.29, 1.82) is 0 Å². The molecule has 2 atom stereocenters. The molecule has 0 spiro atoms. The second-order valence-electron chi connectivity index (χ2n) is 6.54. The molecule has 1 aliphatic heterocycles. The van der Waals surface area contributed by atoms with Crippen molar-refractivity contribution in [3.63, 3.8) is 0 Å². The van der Waals surface area contributed by atoms with Crippen LogP contribution < -0.4 is 4.74 Å². The summed E-state index contributed by atoms with van der Waals surface area (Å²) < 4.78 is 10.8. The molecule has 25 heavy (non-hydrogen) atoms. The quantitative estimate of drug-likeness (QED) is 0.861. The molecule has 1 aromatic heterocycles. The van der Waals surface area contributed by atoms with Gasteiger partial charge in [0.15, 0.2) is 0 Å². The van der Waals surface area contributed by atoms with Crippen LogP contribution in [0.1, 0.15) is 26.2 Å². The topological polar surface area (TPSA) is 88.7 Å². The molecule has 0 radical (unpaired) electrons. The fourth-order valence-electron chi connectivity index (χ4n) is 3.26. The SMILES string of the molecule is CCOc1ccc(-c2noc(CN3CC(C)CC(C(=O)O)C3)n2)cc1. The van der Waals surface area contributed by atoms with E-state index < -0.39 is 5.97 Å². The van der Waals surface area contributed by atoms with Gasteiger partial charge in [0, 0.05) is 18.7 Å². The number of benzene rings is 1. The van der Waals surface area contributed by atoms with Gasteiger partial charge in [-0.3, -0.25) is 9.69 Å². The fourth-order valence-corrected chi connectivity index (χ4v) is 3.26. The first-order chi connectivity index (χ1) is 12.0. The molecule has 7 nitrogen and oxygen atoms in total. The van der Waals surface area contributed by atoms with E-state index in [0.29, 0.717) is 43.8 Å². The van der Waals surface area contributed by atoms with E-state index in [4.69, 9.17) is 9.26 Å². The highest BCUT2D eigenvalue weighted by atomic mass is 16.5. The Balaban J connectivity index is 1.66. The molecule has 1 fully saturated rings. The van der Waals surface area contributed by atoms with Crippen LogP contribution in [0.2, 0.25) is 0 Å². The van der Waals surface area contributed by atoms with Gasteiger partial charge in [-0.15, -0.1) is 0 Å². The maximum atomic E-state index is 11.3. The Labute approximate surface area is 146 Å². The Morgan fingerprint density at radius 3 is 2.80 bits per heavy atom. The maximum absolute atomic E-state index is 11.3. The van der Waals surface area contributed by atoms with Gasteiger partial charge in [0.1, 0.15) is 5.75 Å². The lowest BCUT2D eigenvalue weighted by Crippen LogP contribution is -2.42. The van der Waals surface area contributed by atoms with Crippen LogP contribution in [-0.2, 0) is 11.3 Å². The number of carboxylic acid groups (broad SMARTS) is 1. The van der Waals surface area contributed by atoms with Gasteiger partial charge >= 0.3 is 5.97 Å². The third-order valence-electron chi connectivity index (χ3n) is 4.34. The largest absolute Gasteiger partial charge is 0.494 e. The van der Waals surface area contributed by atoms with Crippen molar-refractivity contribution in [2.75, 3.05) is 19.7 Å². The molecule has 1 saturated heterocycles. The Morgan fingerprint density at radius 1 is 1.36 bits per heavy atom. The number of hydrogen-bond acceptors (Lipinski definition) is 6. The molecule has 0 bridgehead atoms. The first kappa shape index (κ1) is 17.4. The number of nitrogens with zero attached hydrogens (tertiary/aromatic N) is 3. The molecule has 134 valence electrons. The zero-order valence-electron chi connectivity index (χ0n) is 14.5. The van der Waals surface area contributed by atoms with E-state index in [1.54, 1.807) is 0 Å². The van der Waals surface area contributed by atoms with Crippen molar-refractivity contribution >= 4 is 5.97 Å². The zero-order chi connectivity index (χ0) is 17.8. The zero-order valence-corrected chi connectivity index (χ0v) is 14.5. The molecular formula is C18H23N3O4. The van der Waals surface area contributed by atoms with Gasteiger partial charge in [0.25, 0.3) is 0 Å². The number of carbonyl (C=O) groups is 1. The first-order valence-corrected chi connectivity index (χ1v) is 8.56. The van der Waals surface area contributed by atoms with Gasteiger partial charge in [0.05, 0.1) is 19.1 Å². The lowest BCUT2D eigenvalue weighted by molar-refractivity contribution is -0.144. The highest BCUT2D eigenvalue weighted by molar-refractivity contribution is 5.70. The summed E-state index contributed by atoms with van der Waals surface area (Å²) in [5.74, 6) is 1.09. The van der Waals surface area contributed by atoms with Crippen LogP contribution in [0.3, 0.4) is 0 Å². The minimum atomic E-state index is -0.739. The van der Waals surface area contributed by atoms with Crippen molar-refractivity contribution in [3.05, 3.63) is 30.2 Å². The van der Waals surface area contributed by atoms with E-state index in [1.807, 2.05) is 31.2 Å². The first-order valence-electron chi connectivity index (χ1n) is 8.56. The summed E-state index contributed by atoms with van der Waals surface area (Å²) >= 11 is 0. The number of ether oxygens (including phenoxy) is 1. The van der Waals surface area contributed by atoms with Crippen molar-refractivity contribution < 1.29 is 19.2 Å². The Kier molecular flexibility index (Phi) is 5.33. The number of rotatable bonds is 6. The monoisotopic (exact) mass is 345 g/mol. The Bertz CT molecular complexity index is 713. The summed E-state index contributed by atoms with van der Waals surface area (Å²) in [6.45, 7) is 6.46. The van der Waals surface area contributed by atoms with Crippen molar-refractivity contribution in [1.82, 2.24) is 15.0 Å². The summed E-state index contributed by atoms with van der Waals surface area (Å²) in [6.07, 6.45) is 0.715. The third kappa shape index (κ3) is 4.36. The molecule has 2 aromatic rings. The fraction of sp³-hybridized carbons (Fsp3) is 0.500. The molecule has 0 saturated carbocycles. The van der Waals surface area contributed by atoms with E-state index >= 15 is 0 Å². The van der Waals surface area contributed by atoms with E-state index in [9.17, 15) is 9.90 Å². The van der Waals surface area contributed by atoms with E-state index in [2.05, 4.69) is 22.0 Å². The average molecular weight is 345 g/mol. The minimum Gasteiger partial charge on any atom is -0.494 e.